The number of amides is 1. The summed E-state index contributed by atoms with van der Waals surface area (Å²) < 4.78 is 2.40. The van der Waals surface area contributed by atoms with E-state index in [9.17, 15) is 9.59 Å². The first-order chi connectivity index (χ1) is 14.9. The molecule has 9 heteroatoms. The molecule has 0 atom stereocenters. The number of fused-ring (bicyclic) bond motifs is 1. The monoisotopic (exact) mass is 417 g/mol. The molecule has 158 valence electrons. The zero-order valence-electron chi connectivity index (χ0n) is 17.5. The molecule has 4 aromatic rings. The lowest BCUT2D eigenvalue weighted by molar-refractivity contribution is -0.117. The van der Waals surface area contributed by atoms with Gasteiger partial charge in [0.05, 0.1) is 0 Å². The summed E-state index contributed by atoms with van der Waals surface area (Å²) in [5.41, 5.74) is 3.28. The zero-order valence-corrected chi connectivity index (χ0v) is 17.5. The second-order valence-electron chi connectivity index (χ2n) is 7.40. The molecule has 31 heavy (non-hydrogen) atoms. The fourth-order valence-corrected chi connectivity index (χ4v) is 3.04. The molecule has 2 heterocycles. The highest BCUT2D eigenvalue weighted by atomic mass is 16.2. The van der Waals surface area contributed by atoms with E-state index in [1.54, 1.807) is 12.3 Å². The van der Waals surface area contributed by atoms with Gasteiger partial charge in [-0.1, -0.05) is 17.7 Å². The molecule has 0 bridgehead atoms. The van der Waals surface area contributed by atoms with E-state index in [4.69, 9.17) is 0 Å². The maximum atomic E-state index is 12.6. The predicted octanol–water partition coefficient (Wildman–Crippen LogP) is 2.65. The number of aromatic nitrogens is 4. The first kappa shape index (κ1) is 20.1. The second kappa shape index (κ2) is 8.31. The minimum absolute atomic E-state index is 0.210. The van der Waals surface area contributed by atoms with Crippen LogP contribution in [-0.4, -0.2) is 39.2 Å². The molecule has 2 aromatic carbocycles. The Balaban J connectivity index is 1.48. The Hall–Kier alpha value is -4.14. The third-order valence-corrected chi connectivity index (χ3v) is 4.74. The van der Waals surface area contributed by atoms with Gasteiger partial charge in [0.15, 0.2) is 0 Å². The highest BCUT2D eigenvalue weighted by molar-refractivity contribution is 5.90. The summed E-state index contributed by atoms with van der Waals surface area (Å²) in [6.07, 6.45) is 1.59. The van der Waals surface area contributed by atoms with Crippen LogP contribution in [0, 0.1) is 6.92 Å². The fourth-order valence-electron chi connectivity index (χ4n) is 3.04. The van der Waals surface area contributed by atoms with Gasteiger partial charge in [-0.05, 0) is 49.4 Å². The SMILES string of the molecule is Cc1ccc(Nc2ccn3c(=O)n(CC(=O)Nc4ccc(N(C)C)cc4)nc3n2)cc1. The molecule has 0 aliphatic rings. The van der Waals surface area contributed by atoms with Gasteiger partial charge in [-0.15, -0.1) is 5.10 Å². The third-order valence-electron chi connectivity index (χ3n) is 4.74. The summed E-state index contributed by atoms with van der Waals surface area (Å²) in [4.78, 5) is 31.3. The summed E-state index contributed by atoms with van der Waals surface area (Å²) in [7, 11) is 3.89. The van der Waals surface area contributed by atoms with Crippen LogP contribution in [0.15, 0.2) is 65.6 Å². The zero-order chi connectivity index (χ0) is 22.0. The van der Waals surface area contributed by atoms with Gasteiger partial charge < -0.3 is 15.5 Å². The molecule has 0 unspecified atom stereocenters. The van der Waals surface area contributed by atoms with Gasteiger partial charge in [0.25, 0.3) is 5.78 Å². The average molecular weight is 417 g/mol. The molecule has 2 aromatic heterocycles. The van der Waals surface area contributed by atoms with Crippen LogP contribution in [0.5, 0.6) is 0 Å². The number of carbonyl (C=O) groups is 1. The number of hydrogen-bond donors (Lipinski definition) is 2. The Morgan fingerprint density at radius 1 is 1.00 bits per heavy atom. The van der Waals surface area contributed by atoms with E-state index in [0.717, 1.165) is 21.6 Å². The molecule has 0 aliphatic heterocycles. The lowest BCUT2D eigenvalue weighted by Gasteiger charge is -2.12. The van der Waals surface area contributed by atoms with Crippen LogP contribution in [0.3, 0.4) is 0 Å². The van der Waals surface area contributed by atoms with E-state index >= 15 is 0 Å². The molecular formula is C22H23N7O2. The van der Waals surface area contributed by atoms with Crippen LogP contribution in [-0.2, 0) is 11.3 Å². The Kier molecular flexibility index (Phi) is 5.40. The third kappa shape index (κ3) is 4.55. The molecule has 0 saturated heterocycles. The smallest absolute Gasteiger partial charge is 0.352 e. The summed E-state index contributed by atoms with van der Waals surface area (Å²) in [5, 5.41) is 10.2. The molecule has 9 nitrogen and oxygen atoms in total. The molecule has 0 spiro atoms. The Morgan fingerprint density at radius 2 is 1.68 bits per heavy atom. The minimum Gasteiger partial charge on any atom is -0.378 e. The van der Waals surface area contributed by atoms with Gasteiger partial charge in [-0.25, -0.2) is 13.9 Å². The van der Waals surface area contributed by atoms with Crippen molar-refractivity contribution in [3.8, 4) is 0 Å². The lowest BCUT2D eigenvalue weighted by atomic mass is 10.2. The van der Waals surface area contributed by atoms with Crippen molar-refractivity contribution in [1.29, 1.82) is 0 Å². The first-order valence-electron chi connectivity index (χ1n) is 9.76. The van der Waals surface area contributed by atoms with Crippen molar-refractivity contribution in [3.63, 3.8) is 0 Å². The van der Waals surface area contributed by atoms with Gasteiger partial charge in [0, 0.05) is 37.4 Å². The van der Waals surface area contributed by atoms with E-state index in [1.807, 2.05) is 74.4 Å². The van der Waals surface area contributed by atoms with Crippen molar-refractivity contribution in [2.45, 2.75) is 13.5 Å². The van der Waals surface area contributed by atoms with Gasteiger partial charge in [0.1, 0.15) is 12.4 Å². The van der Waals surface area contributed by atoms with E-state index in [1.165, 1.54) is 4.40 Å². The second-order valence-corrected chi connectivity index (χ2v) is 7.40. The summed E-state index contributed by atoms with van der Waals surface area (Å²) in [6, 6.07) is 17.0. The van der Waals surface area contributed by atoms with E-state index in [2.05, 4.69) is 20.7 Å². The van der Waals surface area contributed by atoms with Crippen molar-refractivity contribution in [2.24, 2.45) is 0 Å². The molecule has 0 aliphatic carbocycles. The largest absolute Gasteiger partial charge is 0.378 e. The number of anilines is 4. The topological polar surface area (TPSA) is 96.6 Å². The van der Waals surface area contributed by atoms with Crippen molar-refractivity contribution >= 4 is 34.6 Å². The Labute approximate surface area is 179 Å². The molecule has 2 N–H and O–H groups in total. The Bertz CT molecular complexity index is 1270. The number of hydrogen-bond acceptors (Lipinski definition) is 6. The van der Waals surface area contributed by atoms with Crippen LogP contribution >= 0.6 is 0 Å². The average Bonchev–Trinajstić information content (AvgIpc) is 3.04. The molecule has 0 fully saturated rings. The summed E-state index contributed by atoms with van der Waals surface area (Å²) in [6.45, 7) is 1.81. The van der Waals surface area contributed by atoms with Gasteiger partial charge in [0.2, 0.25) is 5.91 Å². The summed E-state index contributed by atoms with van der Waals surface area (Å²) in [5.74, 6) is 0.422. The van der Waals surface area contributed by atoms with Crippen molar-refractivity contribution in [1.82, 2.24) is 19.2 Å². The molecule has 0 radical (unpaired) electrons. The standard InChI is InChI=1S/C22H23N7O2/c1-15-4-6-16(7-5-15)23-19-12-13-28-21(25-19)26-29(22(28)31)14-20(30)24-17-8-10-18(11-9-17)27(2)3/h4-13H,14H2,1-3H3,(H,24,30)(H,23,25,26). The van der Waals surface area contributed by atoms with E-state index < -0.39 is 5.69 Å². The molecule has 4 rings (SSSR count). The van der Waals surface area contributed by atoms with Crippen LogP contribution < -0.4 is 21.2 Å². The van der Waals surface area contributed by atoms with Crippen LogP contribution in [0.25, 0.3) is 5.78 Å². The first-order valence-corrected chi connectivity index (χ1v) is 9.76. The Morgan fingerprint density at radius 3 is 2.35 bits per heavy atom. The molecule has 1 amide bonds. The lowest BCUT2D eigenvalue weighted by Crippen LogP contribution is -2.28. The van der Waals surface area contributed by atoms with Crippen molar-refractivity contribution in [3.05, 3.63) is 76.8 Å². The minimum atomic E-state index is -0.428. The fraction of sp³-hybridized carbons (Fsp3) is 0.182. The van der Waals surface area contributed by atoms with Crippen LogP contribution in [0.1, 0.15) is 5.56 Å². The van der Waals surface area contributed by atoms with Crippen LogP contribution in [0.4, 0.5) is 22.9 Å². The summed E-state index contributed by atoms with van der Waals surface area (Å²) >= 11 is 0. The number of rotatable bonds is 6. The van der Waals surface area contributed by atoms with E-state index in [0.29, 0.717) is 11.5 Å². The highest BCUT2D eigenvalue weighted by Gasteiger charge is 2.12. The molecular weight excluding hydrogens is 394 g/mol. The maximum Gasteiger partial charge on any atom is 0.352 e. The number of carbonyl (C=O) groups excluding carboxylic acids is 1. The maximum absolute atomic E-state index is 12.6. The van der Waals surface area contributed by atoms with Gasteiger partial charge in [-0.2, -0.15) is 4.98 Å². The predicted molar refractivity (Wildman–Crippen MR) is 121 cm³/mol. The van der Waals surface area contributed by atoms with Crippen LogP contribution in [0.2, 0.25) is 0 Å². The number of aryl methyl sites for hydroxylation is 1. The number of benzene rings is 2. The van der Waals surface area contributed by atoms with E-state index in [-0.39, 0.29) is 18.2 Å². The van der Waals surface area contributed by atoms with Gasteiger partial charge >= 0.3 is 5.69 Å². The normalized spacial score (nSPS) is 10.8. The van der Waals surface area contributed by atoms with Crippen molar-refractivity contribution < 1.29 is 4.79 Å². The number of nitrogens with zero attached hydrogens (tertiary/aromatic N) is 5. The number of nitrogens with one attached hydrogen (secondary N) is 2. The van der Waals surface area contributed by atoms with Gasteiger partial charge in [-0.3, -0.25) is 4.79 Å². The molecule has 0 saturated carbocycles. The quantitative estimate of drug-likeness (QED) is 0.501. The highest BCUT2D eigenvalue weighted by Crippen LogP contribution is 2.16. The van der Waals surface area contributed by atoms with Crippen molar-refractivity contribution in [2.75, 3.05) is 29.6 Å².